The van der Waals surface area contributed by atoms with Gasteiger partial charge in [-0.05, 0) is 42.1 Å². The Labute approximate surface area is 143 Å². The summed E-state index contributed by atoms with van der Waals surface area (Å²) in [6.45, 7) is 1.98. The number of carbonyl (C=O) groups is 1. The monoisotopic (exact) mass is 333 g/mol. The summed E-state index contributed by atoms with van der Waals surface area (Å²) in [6, 6.07) is 12.7. The molecule has 1 atom stereocenters. The molecule has 3 aromatic carbocycles. The average molecular weight is 333 g/mol. The first-order valence-corrected chi connectivity index (χ1v) is 8.01. The van der Waals surface area contributed by atoms with Crippen molar-refractivity contribution < 1.29 is 19.4 Å². The van der Waals surface area contributed by atoms with Crippen LogP contribution >= 0.6 is 0 Å². The number of benzene rings is 3. The second-order valence-electron chi connectivity index (χ2n) is 6.44. The Bertz CT molecular complexity index is 1090. The molecule has 5 rings (SSSR count). The van der Waals surface area contributed by atoms with E-state index < -0.39 is 5.72 Å². The molecule has 0 radical (unpaired) electrons. The van der Waals surface area contributed by atoms with E-state index in [0.717, 1.165) is 16.3 Å². The van der Waals surface area contributed by atoms with E-state index in [-0.39, 0.29) is 11.7 Å². The molecule has 5 heteroatoms. The molecule has 0 aromatic heterocycles. The van der Waals surface area contributed by atoms with E-state index in [2.05, 4.69) is 5.32 Å². The standard InChI is InChI=1S/C20H15NO4/c1-10-8-11-6-7-13(22)18-16(11)15(9-10)25-20(18)17-12(19(23)21-20)4-3-5-14(17)24-2/h3-9,22H,1-2H3,(H,21,23)/t20-/m0/s1. The van der Waals surface area contributed by atoms with Crippen LogP contribution in [0.3, 0.4) is 0 Å². The van der Waals surface area contributed by atoms with Crippen molar-refractivity contribution in [2.45, 2.75) is 12.6 Å². The zero-order chi connectivity index (χ0) is 17.3. The van der Waals surface area contributed by atoms with E-state index in [1.165, 1.54) is 0 Å². The lowest BCUT2D eigenvalue weighted by Crippen LogP contribution is -2.43. The predicted octanol–water partition coefficient (Wildman–Crippen LogP) is 3.20. The fourth-order valence-electron chi connectivity index (χ4n) is 4.02. The van der Waals surface area contributed by atoms with Crippen LogP contribution in [-0.2, 0) is 5.72 Å². The minimum atomic E-state index is -1.28. The fraction of sp³-hybridized carbons (Fsp3) is 0.150. The number of hydrogen-bond acceptors (Lipinski definition) is 4. The maximum Gasteiger partial charge on any atom is 0.255 e. The van der Waals surface area contributed by atoms with Gasteiger partial charge in [-0.3, -0.25) is 4.79 Å². The number of fused-ring (bicyclic) bond motifs is 3. The van der Waals surface area contributed by atoms with Crippen molar-refractivity contribution in [2.75, 3.05) is 7.11 Å². The Morgan fingerprint density at radius 1 is 1.16 bits per heavy atom. The van der Waals surface area contributed by atoms with Crippen LogP contribution in [0.5, 0.6) is 17.2 Å². The number of carbonyl (C=O) groups excluding carboxylic acids is 1. The molecule has 2 N–H and O–H groups in total. The van der Waals surface area contributed by atoms with Crippen LogP contribution in [0.25, 0.3) is 10.8 Å². The van der Waals surface area contributed by atoms with Gasteiger partial charge in [-0.15, -0.1) is 0 Å². The summed E-state index contributed by atoms with van der Waals surface area (Å²) < 4.78 is 11.8. The lowest BCUT2D eigenvalue weighted by atomic mass is 9.90. The third-order valence-corrected chi connectivity index (χ3v) is 4.95. The lowest BCUT2D eigenvalue weighted by Gasteiger charge is -2.27. The third-order valence-electron chi connectivity index (χ3n) is 4.95. The predicted molar refractivity (Wildman–Crippen MR) is 92.2 cm³/mol. The lowest BCUT2D eigenvalue weighted by molar-refractivity contribution is 0.0695. The van der Waals surface area contributed by atoms with Gasteiger partial charge in [-0.25, -0.2) is 0 Å². The Morgan fingerprint density at radius 3 is 2.80 bits per heavy atom. The number of aromatic hydroxyl groups is 1. The molecule has 0 saturated heterocycles. The molecule has 2 heterocycles. The second kappa shape index (κ2) is 4.45. The largest absolute Gasteiger partial charge is 0.507 e. The molecule has 5 nitrogen and oxygen atoms in total. The van der Waals surface area contributed by atoms with Crippen LogP contribution in [0.1, 0.15) is 27.0 Å². The maximum atomic E-state index is 12.6. The highest BCUT2D eigenvalue weighted by atomic mass is 16.5. The number of nitrogens with one attached hydrogen (secondary N) is 1. The second-order valence-corrected chi connectivity index (χ2v) is 6.44. The molecule has 2 aliphatic heterocycles. The van der Waals surface area contributed by atoms with Crippen molar-refractivity contribution in [1.82, 2.24) is 5.32 Å². The Hall–Kier alpha value is -3.21. The van der Waals surface area contributed by atoms with Crippen LogP contribution in [0.15, 0.2) is 42.5 Å². The molecular formula is C20H15NO4. The van der Waals surface area contributed by atoms with Crippen LogP contribution in [0.4, 0.5) is 0 Å². The van der Waals surface area contributed by atoms with Gasteiger partial charge in [0, 0.05) is 5.39 Å². The van der Waals surface area contributed by atoms with Crippen molar-refractivity contribution in [3.63, 3.8) is 0 Å². The highest BCUT2D eigenvalue weighted by Crippen LogP contribution is 2.55. The summed E-state index contributed by atoms with van der Waals surface area (Å²) >= 11 is 0. The minimum absolute atomic E-state index is 0.0779. The summed E-state index contributed by atoms with van der Waals surface area (Å²) in [5.74, 6) is 1.00. The molecule has 3 aromatic rings. The minimum Gasteiger partial charge on any atom is -0.507 e. The summed E-state index contributed by atoms with van der Waals surface area (Å²) in [4.78, 5) is 12.6. The van der Waals surface area contributed by atoms with Gasteiger partial charge in [0.25, 0.3) is 5.91 Å². The van der Waals surface area contributed by atoms with Crippen molar-refractivity contribution in [3.05, 3.63) is 64.7 Å². The number of phenols is 1. The quantitative estimate of drug-likeness (QED) is 0.718. The first kappa shape index (κ1) is 14.2. The number of ether oxygens (including phenoxy) is 2. The molecule has 124 valence electrons. The average Bonchev–Trinajstić information content (AvgIpc) is 3.07. The van der Waals surface area contributed by atoms with E-state index in [1.54, 1.807) is 31.4 Å². The highest BCUT2D eigenvalue weighted by molar-refractivity contribution is 6.05. The summed E-state index contributed by atoms with van der Waals surface area (Å²) in [6.07, 6.45) is 0. The number of rotatable bonds is 1. The Morgan fingerprint density at radius 2 is 2.00 bits per heavy atom. The summed E-state index contributed by atoms with van der Waals surface area (Å²) in [7, 11) is 1.55. The van der Waals surface area contributed by atoms with Gasteiger partial charge >= 0.3 is 0 Å². The molecule has 0 unspecified atom stereocenters. The molecule has 0 bridgehead atoms. The zero-order valence-corrected chi connectivity index (χ0v) is 13.7. The zero-order valence-electron chi connectivity index (χ0n) is 13.7. The smallest absolute Gasteiger partial charge is 0.255 e. The Balaban J connectivity index is 1.92. The summed E-state index contributed by atoms with van der Waals surface area (Å²) in [5.41, 5.74) is 1.40. The van der Waals surface area contributed by atoms with E-state index in [9.17, 15) is 9.90 Å². The van der Waals surface area contributed by atoms with Gasteiger partial charge < -0.3 is 19.9 Å². The van der Waals surface area contributed by atoms with Crippen molar-refractivity contribution in [1.29, 1.82) is 0 Å². The molecule has 25 heavy (non-hydrogen) atoms. The van der Waals surface area contributed by atoms with Crippen molar-refractivity contribution >= 4 is 16.7 Å². The van der Waals surface area contributed by atoms with Crippen LogP contribution < -0.4 is 14.8 Å². The van der Waals surface area contributed by atoms with Gasteiger partial charge in [0.2, 0.25) is 5.72 Å². The normalized spacial score (nSPS) is 19.8. The van der Waals surface area contributed by atoms with Gasteiger partial charge in [-0.2, -0.15) is 0 Å². The number of methoxy groups -OCH3 is 1. The molecule has 0 saturated carbocycles. The topological polar surface area (TPSA) is 67.8 Å². The number of hydrogen-bond donors (Lipinski definition) is 2. The van der Waals surface area contributed by atoms with Gasteiger partial charge in [-0.1, -0.05) is 18.2 Å². The van der Waals surface area contributed by atoms with E-state index >= 15 is 0 Å². The summed E-state index contributed by atoms with van der Waals surface area (Å²) in [5, 5.41) is 15.3. The molecule has 1 spiro atoms. The maximum absolute atomic E-state index is 12.6. The van der Waals surface area contributed by atoms with E-state index in [0.29, 0.717) is 28.2 Å². The van der Waals surface area contributed by atoms with Gasteiger partial charge in [0.1, 0.15) is 17.2 Å². The van der Waals surface area contributed by atoms with Crippen LogP contribution in [0, 0.1) is 6.92 Å². The highest BCUT2D eigenvalue weighted by Gasteiger charge is 2.54. The van der Waals surface area contributed by atoms with Crippen LogP contribution in [0.2, 0.25) is 0 Å². The van der Waals surface area contributed by atoms with Gasteiger partial charge in [0.05, 0.1) is 23.8 Å². The van der Waals surface area contributed by atoms with Crippen molar-refractivity contribution in [2.24, 2.45) is 0 Å². The first-order chi connectivity index (χ1) is 12.0. The van der Waals surface area contributed by atoms with Crippen LogP contribution in [-0.4, -0.2) is 18.1 Å². The number of phenolic OH excluding ortho intramolecular Hbond substituents is 1. The van der Waals surface area contributed by atoms with E-state index in [4.69, 9.17) is 9.47 Å². The molecule has 1 amide bonds. The number of aryl methyl sites for hydroxylation is 1. The SMILES string of the molecule is COc1cccc2c1[C@]1(NC2=O)Oc2cc(C)cc3ccc(O)c1c23. The van der Waals surface area contributed by atoms with Gasteiger partial charge in [0.15, 0.2) is 0 Å². The third kappa shape index (κ3) is 1.60. The van der Waals surface area contributed by atoms with Crippen molar-refractivity contribution in [3.8, 4) is 17.2 Å². The number of amides is 1. The molecule has 0 aliphatic carbocycles. The first-order valence-electron chi connectivity index (χ1n) is 8.01. The molecule has 2 aliphatic rings. The molecular weight excluding hydrogens is 318 g/mol. The van der Waals surface area contributed by atoms with E-state index in [1.807, 2.05) is 25.1 Å². The molecule has 0 fully saturated rings. The fourth-order valence-corrected chi connectivity index (χ4v) is 4.02. The Kier molecular flexibility index (Phi) is 2.52.